The number of hydrogen-bond acceptors (Lipinski definition) is 7. The number of ether oxygens (including phenoxy) is 3. The molecule has 0 atom stereocenters. The van der Waals surface area contributed by atoms with E-state index in [1.165, 1.54) is 11.3 Å². The molecule has 1 aromatic heterocycles. The van der Waals surface area contributed by atoms with Crippen molar-refractivity contribution in [3.63, 3.8) is 0 Å². The summed E-state index contributed by atoms with van der Waals surface area (Å²) >= 11 is 7.78. The molecule has 3 aromatic rings. The van der Waals surface area contributed by atoms with E-state index in [4.69, 9.17) is 30.8 Å². The first-order valence-electron chi connectivity index (χ1n) is 10.5. The van der Waals surface area contributed by atoms with Crippen molar-refractivity contribution in [1.82, 2.24) is 9.88 Å². The molecule has 7 nitrogen and oxygen atoms in total. The standard InChI is InChI=1S/C23H26ClN3O4S.ClH/c1-16-3-5-17(6-4-16)31-15-20(28)27(10-9-26-11-13-30-14-12-26)23-25-21-19(29-2)8-7-18(24)22(21)32-23;/h3-8H,9-15H2,1-2H3;1H. The number of halogens is 2. The fourth-order valence-corrected chi connectivity index (χ4v) is 4.77. The van der Waals surface area contributed by atoms with Crippen LogP contribution in [0.2, 0.25) is 5.02 Å². The predicted molar refractivity (Wildman–Crippen MR) is 135 cm³/mol. The molecule has 0 saturated carbocycles. The third kappa shape index (κ3) is 6.28. The molecular weight excluding hydrogens is 485 g/mol. The number of carbonyl (C=O) groups excluding carboxylic acids is 1. The van der Waals surface area contributed by atoms with Crippen molar-refractivity contribution in [2.75, 3.05) is 58.0 Å². The molecular formula is C23H27Cl2N3O4S. The molecule has 1 amide bonds. The van der Waals surface area contributed by atoms with Crippen LogP contribution in [0.15, 0.2) is 36.4 Å². The van der Waals surface area contributed by atoms with E-state index in [0.29, 0.717) is 46.9 Å². The number of fused-ring (bicyclic) bond motifs is 1. The van der Waals surface area contributed by atoms with Crippen molar-refractivity contribution in [2.24, 2.45) is 0 Å². The highest BCUT2D eigenvalue weighted by molar-refractivity contribution is 7.23. The van der Waals surface area contributed by atoms with Crippen LogP contribution in [0.1, 0.15) is 5.56 Å². The smallest absolute Gasteiger partial charge is 0.266 e. The van der Waals surface area contributed by atoms with Gasteiger partial charge in [-0.25, -0.2) is 4.98 Å². The van der Waals surface area contributed by atoms with Crippen LogP contribution < -0.4 is 14.4 Å². The molecule has 0 aliphatic carbocycles. The van der Waals surface area contributed by atoms with Gasteiger partial charge in [0, 0.05) is 26.2 Å². The number of methoxy groups -OCH3 is 1. The number of aryl methyl sites for hydroxylation is 1. The van der Waals surface area contributed by atoms with E-state index in [9.17, 15) is 4.79 Å². The minimum absolute atomic E-state index is 0. The zero-order valence-corrected chi connectivity index (χ0v) is 21.0. The number of thiazole rings is 1. The van der Waals surface area contributed by atoms with Gasteiger partial charge in [-0.2, -0.15) is 0 Å². The number of rotatable bonds is 8. The highest BCUT2D eigenvalue weighted by atomic mass is 35.5. The Kier molecular flexibility index (Phi) is 9.17. The third-order valence-electron chi connectivity index (χ3n) is 5.33. The minimum Gasteiger partial charge on any atom is -0.494 e. The van der Waals surface area contributed by atoms with Crippen LogP contribution in [0.3, 0.4) is 0 Å². The van der Waals surface area contributed by atoms with E-state index in [1.807, 2.05) is 31.2 Å². The van der Waals surface area contributed by atoms with Gasteiger partial charge < -0.3 is 14.2 Å². The minimum atomic E-state index is -0.159. The number of nitrogens with zero attached hydrogens (tertiary/aromatic N) is 3. The second kappa shape index (κ2) is 11.9. The molecule has 178 valence electrons. The van der Waals surface area contributed by atoms with E-state index in [2.05, 4.69) is 4.90 Å². The molecule has 1 fully saturated rings. The number of morpholine rings is 1. The summed E-state index contributed by atoms with van der Waals surface area (Å²) in [4.78, 5) is 21.9. The summed E-state index contributed by atoms with van der Waals surface area (Å²) in [6, 6.07) is 11.2. The quantitative estimate of drug-likeness (QED) is 0.445. The van der Waals surface area contributed by atoms with Crippen LogP contribution in [0, 0.1) is 6.92 Å². The van der Waals surface area contributed by atoms with Gasteiger partial charge in [-0.05, 0) is 31.2 Å². The van der Waals surface area contributed by atoms with Gasteiger partial charge in [-0.1, -0.05) is 40.6 Å². The number of amides is 1. The Balaban J connectivity index is 0.00000306. The van der Waals surface area contributed by atoms with Gasteiger partial charge in [-0.3, -0.25) is 14.6 Å². The highest BCUT2D eigenvalue weighted by Crippen LogP contribution is 2.38. The lowest BCUT2D eigenvalue weighted by atomic mass is 10.2. The largest absolute Gasteiger partial charge is 0.494 e. The first kappa shape index (κ1) is 25.5. The molecule has 1 aliphatic heterocycles. The zero-order valence-electron chi connectivity index (χ0n) is 18.6. The van der Waals surface area contributed by atoms with E-state index in [-0.39, 0.29) is 24.9 Å². The number of hydrogen-bond donors (Lipinski definition) is 0. The number of benzene rings is 2. The van der Waals surface area contributed by atoms with E-state index in [0.717, 1.165) is 29.9 Å². The van der Waals surface area contributed by atoms with Crippen molar-refractivity contribution in [3.8, 4) is 11.5 Å². The lowest BCUT2D eigenvalue weighted by Crippen LogP contribution is -2.44. The summed E-state index contributed by atoms with van der Waals surface area (Å²) in [6.45, 7) is 6.26. The van der Waals surface area contributed by atoms with Crippen molar-refractivity contribution < 1.29 is 19.0 Å². The zero-order chi connectivity index (χ0) is 22.5. The summed E-state index contributed by atoms with van der Waals surface area (Å²) in [7, 11) is 1.60. The average molecular weight is 512 g/mol. The Bertz CT molecular complexity index is 1070. The molecule has 0 N–H and O–H groups in total. The molecule has 0 bridgehead atoms. The predicted octanol–water partition coefficient (Wildman–Crippen LogP) is 4.43. The Morgan fingerprint density at radius 1 is 1.21 bits per heavy atom. The van der Waals surface area contributed by atoms with Crippen molar-refractivity contribution >= 4 is 56.6 Å². The highest BCUT2D eigenvalue weighted by Gasteiger charge is 2.23. The first-order chi connectivity index (χ1) is 15.5. The fourth-order valence-electron chi connectivity index (χ4n) is 3.47. The molecule has 1 aliphatic rings. The Morgan fingerprint density at radius 3 is 2.64 bits per heavy atom. The van der Waals surface area contributed by atoms with Crippen molar-refractivity contribution in [3.05, 3.63) is 47.0 Å². The molecule has 2 heterocycles. The summed E-state index contributed by atoms with van der Waals surface area (Å²) in [6.07, 6.45) is 0. The summed E-state index contributed by atoms with van der Waals surface area (Å²) in [5.74, 6) is 1.13. The third-order valence-corrected chi connectivity index (χ3v) is 6.86. The maximum absolute atomic E-state index is 13.2. The van der Waals surface area contributed by atoms with Gasteiger partial charge in [0.15, 0.2) is 11.7 Å². The van der Waals surface area contributed by atoms with Crippen LogP contribution >= 0.6 is 35.3 Å². The van der Waals surface area contributed by atoms with Crippen molar-refractivity contribution in [2.45, 2.75) is 6.92 Å². The van der Waals surface area contributed by atoms with Gasteiger partial charge in [0.05, 0.1) is 30.0 Å². The second-order valence-electron chi connectivity index (χ2n) is 7.52. The van der Waals surface area contributed by atoms with E-state index >= 15 is 0 Å². The number of anilines is 1. The lowest BCUT2D eigenvalue weighted by Gasteiger charge is -2.29. The Morgan fingerprint density at radius 2 is 1.94 bits per heavy atom. The molecule has 2 aromatic carbocycles. The molecule has 10 heteroatoms. The average Bonchev–Trinajstić information content (AvgIpc) is 3.26. The topological polar surface area (TPSA) is 64.1 Å². The van der Waals surface area contributed by atoms with Gasteiger partial charge in [-0.15, -0.1) is 12.4 Å². The maximum Gasteiger partial charge on any atom is 0.266 e. The SMILES string of the molecule is COc1ccc(Cl)c2sc(N(CCN3CCOCC3)C(=O)COc3ccc(C)cc3)nc12.Cl. The molecule has 0 radical (unpaired) electrons. The van der Waals surface area contributed by atoms with Crippen molar-refractivity contribution in [1.29, 1.82) is 0 Å². The van der Waals surface area contributed by atoms with E-state index < -0.39 is 0 Å². The summed E-state index contributed by atoms with van der Waals surface area (Å²) in [5, 5.41) is 1.16. The number of carbonyl (C=O) groups is 1. The fraction of sp³-hybridized carbons (Fsp3) is 0.391. The molecule has 4 rings (SSSR count). The van der Waals surface area contributed by atoms with Crippen LogP contribution in [0.25, 0.3) is 10.2 Å². The number of aromatic nitrogens is 1. The molecule has 0 spiro atoms. The maximum atomic E-state index is 13.2. The molecule has 1 saturated heterocycles. The van der Waals surface area contributed by atoms with Gasteiger partial charge in [0.2, 0.25) is 0 Å². The molecule has 0 unspecified atom stereocenters. The van der Waals surface area contributed by atoms with Crippen LogP contribution in [0.4, 0.5) is 5.13 Å². The lowest BCUT2D eigenvalue weighted by molar-refractivity contribution is -0.120. The van der Waals surface area contributed by atoms with Gasteiger partial charge in [0.1, 0.15) is 17.0 Å². The first-order valence-corrected chi connectivity index (χ1v) is 11.7. The molecule has 33 heavy (non-hydrogen) atoms. The monoisotopic (exact) mass is 511 g/mol. The van der Waals surface area contributed by atoms with Crippen LogP contribution in [0.5, 0.6) is 11.5 Å². The Hall–Kier alpha value is -2.10. The van der Waals surface area contributed by atoms with E-state index in [1.54, 1.807) is 24.1 Å². The summed E-state index contributed by atoms with van der Waals surface area (Å²) in [5.41, 5.74) is 1.79. The normalized spacial score (nSPS) is 14.0. The summed E-state index contributed by atoms with van der Waals surface area (Å²) < 4.78 is 17.4. The van der Waals surface area contributed by atoms with Gasteiger partial charge >= 0.3 is 0 Å². The van der Waals surface area contributed by atoms with Crippen LogP contribution in [-0.4, -0.2) is 68.9 Å². The van der Waals surface area contributed by atoms with Gasteiger partial charge in [0.25, 0.3) is 5.91 Å². The second-order valence-corrected chi connectivity index (χ2v) is 8.91. The van der Waals surface area contributed by atoms with Crippen LogP contribution in [-0.2, 0) is 9.53 Å². The Labute approximate surface area is 208 Å².